The number of rotatable bonds is 6. The number of benzene rings is 2. The van der Waals surface area contributed by atoms with E-state index < -0.39 is 22.0 Å². The van der Waals surface area contributed by atoms with Crippen LogP contribution in [-0.2, 0) is 42.0 Å². The van der Waals surface area contributed by atoms with Gasteiger partial charge in [-0.2, -0.15) is 19.0 Å². The minimum atomic E-state index is -3.84. The van der Waals surface area contributed by atoms with Crippen molar-refractivity contribution in [1.82, 2.24) is 19.6 Å². The van der Waals surface area contributed by atoms with E-state index in [0.717, 1.165) is 4.68 Å². The van der Waals surface area contributed by atoms with Gasteiger partial charge in [-0.15, -0.1) is 0 Å². The van der Waals surface area contributed by atoms with Gasteiger partial charge < -0.3 is 4.74 Å². The average Bonchev–Trinajstić information content (AvgIpc) is 3.24. The molecule has 0 N–H and O–H groups in total. The van der Waals surface area contributed by atoms with E-state index in [1.807, 2.05) is 13.8 Å². The maximum absolute atomic E-state index is 12.8. The Hall–Kier alpha value is -3.02. The third kappa shape index (κ3) is 5.91. The molecule has 34 heavy (non-hydrogen) atoms. The van der Waals surface area contributed by atoms with Crippen molar-refractivity contribution in [2.75, 3.05) is 0 Å². The number of sulfone groups is 1. The van der Waals surface area contributed by atoms with Gasteiger partial charge in [0.25, 0.3) is 5.56 Å². The maximum atomic E-state index is 12.8. The minimum absolute atomic E-state index is 0. The first-order valence-electron chi connectivity index (χ1n) is 10.0. The van der Waals surface area contributed by atoms with E-state index in [1.54, 1.807) is 13.1 Å². The van der Waals surface area contributed by atoms with Crippen LogP contribution < -0.4 is 10.3 Å². The molecule has 0 spiro atoms. The Morgan fingerprint density at radius 1 is 1.09 bits per heavy atom. The Morgan fingerprint density at radius 2 is 1.82 bits per heavy atom. The Bertz CT molecular complexity index is 1440. The number of halogens is 2. The van der Waals surface area contributed by atoms with Crippen LogP contribution >= 0.6 is 0 Å². The van der Waals surface area contributed by atoms with Crippen molar-refractivity contribution < 1.29 is 40.5 Å². The standard InChI is InChI=1S/C20H16F2N4O4S.C2H6.V/c1-25-8-7-18(24-25)31(28,29)16-5-6-17-14(10-16)11-23-26(19(17)27)12-13-3-2-4-15(9-13)30-20(21)22;1-2;/h2-11,20H,12H2,1H3;1-2H3;. The summed E-state index contributed by atoms with van der Waals surface area (Å²) in [4.78, 5) is 12.8. The molecule has 0 atom stereocenters. The molecule has 0 aliphatic rings. The zero-order valence-corrected chi connectivity index (χ0v) is 20.8. The van der Waals surface area contributed by atoms with Crippen molar-refractivity contribution in [2.24, 2.45) is 7.05 Å². The van der Waals surface area contributed by atoms with Crippen LogP contribution in [0.4, 0.5) is 8.78 Å². The fourth-order valence-electron chi connectivity index (χ4n) is 3.10. The molecular weight excluding hydrogens is 505 g/mol. The third-order valence-corrected chi connectivity index (χ3v) is 6.20. The normalized spacial score (nSPS) is 11.0. The zero-order valence-electron chi connectivity index (χ0n) is 18.6. The number of hydrogen-bond acceptors (Lipinski definition) is 6. The van der Waals surface area contributed by atoms with Crippen molar-refractivity contribution in [2.45, 2.75) is 36.9 Å². The largest absolute Gasteiger partial charge is 0.435 e. The molecule has 4 aromatic rings. The summed E-state index contributed by atoms with van der Waals surface area (Å²) >= 11 is 0. The summed E-state index contributed by atoms with van der Waals surface area (Å²) in [7, 11) is -2.23. The van der Waals surface area contributed by atoms with Gasteiger partial charge in [-0.25, -0.2) is 13.1 Å². The maximum Gasteiger partial charge on any atom is 0.387 e. The van der Waals surface area contributed by atoms with Crippen molar-refractivity contribution in [3.05, 3.63) is 76.8 Å². The summed E-state index contributed by atoms with van der Waals surface area (Å²) in [6.07, 6.45) is 2.91. The molecule has 179 valence electrons. The van der Waals surface area contributed by atoms with Gasteiger partial charge in [-0.3, -0.25) is 9.48 Å². The second kappa shape index (κ2) is 11.4. The van der Waals surface area contributed by atoms with E-state index in [-0.39, 0.29) is 46.2 Å². The number of hydrogen-bond donors (Lipinski definition) is 0. The summed E-state index contributed by atoms with van der Waals surface area (Å²) < 4.78 is 57.2. The predicted molar refractivity (Wildman–Crippen MR) is 118 cm³/mol. The topological polar surface area (TPSA) is 96.1 Å². The molecule has 0 fully saturated rings. The molecule has 4 rings (SSSR count). The van der Waals surface area contributed by atoms with Crippen LogP contribution in [0.15, 0.2) is 75.6 Å². The van der Waals surface area contributed by atoms with E-state index in [2.05, 4.69) is 14.9 Å². The number of aryl methyl sites for hydroxylation is 1. The second-order valence-electron chi connectivity index (χ2n) is 6.71. The van der Waals surface area contributed by atoms with Crippen molar-refractivity contribution in [3.63, 3.8) is 0 Å². The molecule has 0 saturated heterocycles. The quantitative estimate of drug-likeness (QED) is 0.380. The van der Waals surface area contributed by atoms with Crippen LogP contribution in [0.1, 0.15) is 19.4 Å². The number of ether oxygens (including phenoxy) is 1. The molecule has 2 aromatic heterocycles. The first-order valence-corrected chi connectivity index (χ1v) is 11.5. The molecule has 0 unspecified atom stereocenters. The fraction of sp³-hybridized carbons (Fsp3) is 0.227. The van der Waals surface area contributed by atoms with Gasteiger partial charge in [0, 0.05) is 37.2 Å². The predicted octanol–water partition coefficient (Wildman–Crippen LogP) is 3.64. The van der Waals surface area contributed by atoms with Crippen LogP contribution in [0, 0.1) is 0 Å². The van der Waals surface area contributed by atoms with Crippen LogP contribution in [0.5, 0.6) is 5.75 Å². The molecule has 2 heterocycles. The summed E-state index contributed by atoms with van der Waals surface area (Å²) in [6, 6.07) is 11.5. The first-order chi connectivity index (χ1) is 15.7. The van der Waals surface area contributed by atoms with Gasteiger partial charge in [0.05, 0.1) is 23.0 Å². The summed E-state index contributed by atoms with van der Waals surface area (Å²) in [5.41, 5.74) is 0.0981. The number of alkyl halides is 2. The molecule has 2 aromatic carbocycles. The minimum Gasteiger partial charge on any atom is -0.435 e. The van der Waals surface area contributed by atoms with Gasteiger partial charge in [-0.05, 0) is 42.0 Å². The third-order valence-electron chi connectivity index (χ3n) is 4.55. The molecule has 0 bridgehead atoms. The fourth-order valence-corrected chi connectivity index (χ4v) is 4.34. The molecule has 1 radical (unpaired) electrons. The molecular formula is C22H22F2N4O4SV. The molecule has 0 aliphatic carbocycles. The molecule has 0 saturated carbocycles. The van der Waals surface area contributed by atoms with Crippen LogP contribution in [0.25, 0.3) is 10.8 Å². The van der Waals surface area contributed by atoms with Crippen molar-refractivity contribution in [3.8, 4) is 5.75 Å². The number of fused-ring (bicyclic) bond motifs is 1. The molecule has 0 amide bonds. The number of nitrogens with zero attached hydrogens (tertiary/aromatic N) is 4. The van der Waals surface area contributed by atoms with Crippen molar-refractivity contribution >= 4 is 20.6 Å². The van der Waals surface area contributed by atoms with E-state index in [1.165, 1.54) is 59.5 Å². The van der Waals surface area contributed by atoms with E-state index in [4.69, 9.17) is 0 Å². The molecule has 0 aliphatic heterocycles. The van der Waals surface area contributed by atoms with E-state index >= 15 is 0 Å². The zero-order chi connectivity index (χ0) is 24.2. The van der Waals surface area contributed by atoms with Crippen LogP contribution in [0.2, 0.25) is 0 Å². The summed E-state index contributed by atoms with van der Waals surface area (Å²) in [5.74, 6) is -0.0225. The first kappa shape index (κ1) is 27.2. The Kier molecular flexibility index (Phi) is 9.14. The van der Waals surface area contributed by atoms with Crippen LogP contribution in [-0.4, -0.2) is 34.6 Å². The van der Waals surface area contributed by atoms with Gasteiger partial charge >= 0.3 is 6.61 Å². The summed E-state index contributed by atoms with van der Waals surface area (Å²) in [6.45, 7) is 1.08. The summed E-state index contributed by atoms with van der Waals surface area (Å²) in [5, 5.41) is 8.56. The number of aromatic nitrogens is 4. The Morgan fingerprint density at radius 3 is 2.47 bits per heavy atom. The van der Waals surface area contributed by atoms with Crippen molar-refractivity contribution in [1.29, 1.82) is 0 Å². The van der Waals surface area contributed by atoms with Gasteiger partial charge in [-0.1, -0.05) is 26.0 Å². The average molecular weight is 527 g/mol. The van der Waals surface area contributed by atoms with Gasteiger partial charge in [0.1, 0.15) is 5.75 Å². The Labute approximate surface area is 207 Å². The molecule has 8 nitrogen and oxygen atoms in total. The van der Waals surface area contributed by atoms with E-state index in [9.17, 15) is 22.0 Å². The monoisotopic (exact) mass is 527 g/mol. The Balaban J connectivity index is 0.00000133. The van der Waals surface area contributed by atoms with E-state index in [0.29, 0.717) is 10.9 Å². The molecule has 12 heteroatoms. The van der Waals surface area contributed by atoms with Gasteiger partial charge in [0.15, 0.2) is 5.03 Å². The smallest absolute Gasteiger partial charge is 0.387 e. The van der Waals surface area contributed by atoms with Crippen LogP contribution in [0.3, 0.4) is 0 Å². The SMILES string of the molecule is CC.Cn1ccc(S(=O)(=O)c2ccc3c(=O)n(Cc4cccc(OC(F)F)c4)ncc3c2)n1.[V]. The second-order valence-corrected chi connectivity index (χ2v) is 8.61. The van der Waals surface area contributed by atoms with Gasteiger partial charge in [0.2, 0.25) is 9.84 Å².